The van der Waals surface area contributed by atoms with Gasteiger partial charge in [0.2, 0.25) is 0 Å². The van der Waals surface area contributed by atoms with E-state index in [1.54, 1.807) is 13.0 Å². The fourth-order valence-electron chi connectivity index (χ4n) is 1.06. The summed E-state index contributed by atoms with van der Waals surface area (Å²) in [4.78, 5) is 0. The number of ether oxygens (including phenoxy) is 1. The highest BCUT2D eigenvalue weighted by molar-refractivity contribution is 5.30. The van der Waals surface area contributed by atoms with Gasteiger partial charge >= 0.3 is 12.5 Å². The topological polar surface area (TPSA) is 35.2 Å². The van der Waals surface area contributed by atoms with Gasteiger partial charge in [-0.1, -0.05) is 12.1 Å². The van der Waals surface area contributed by atoms with Gasteiger partial charge in [-0.05, 0) is 24.6 Å². The molecule has 1 aromatic rings. The van der Waals surface area contributed by atoms with Crippen molar-refractivity contribution in [3.05, 3.63) is 29.8 Å². The molecule has 2 N–H and O–H groups in total. The van der Waals surface area contributed by atoms with E-state index in [4.69, 9.17) is 5.73 Å². The molecular weight excluding hydrogens is 226 g/mol. The molecule has 0 radical (unpaired) electrons. The van der Waals surface area contributed by atoms with Crippen molar-refractivity contribution in [1.29, 1.82) is 0 Å². The van der Waals surface area contributed by atoms with Crippen LogP contribution in [0.15, 0.2) is 24.3 Å². The smallest absolute Gasteiger partial charge is 0.428 e. The van der Waals surface area contributed by atoms with Crippen molar-refractivity contribution < 1.29 is 22.3 Å². The van der Waals surface area contributed by atoms with Crippen molar-refractivity contribution in [3.8, 4) is 5.75 Å². The lowest BCUT2D eigenvalue weighted by molar-refractivity contribution is -0.253. The summed E-state index contributed by atoms with van der Waals surface area (Å²) in [7, 11) is 0. The SMILES string of the molecule is C[C@H](N)c1cccc(OC(F)(F)C(F)F)c1. The summed E-state index contributed by atoms with van der Waals surface area (Å²) in [6.45, 7) is 1.64. The molecule has 0 aliphatic heterocycles. The number of nitrogens with two attached hydrogens (primary N) is 1. The summed E-state index contributed by atoms with van der Waals surface area (Å²) in [6, 6.07) is 5.00. The molecule has 0 spiro atoms. The van der Waals surface area contributed by atoms with Crippen LogP contribution in [0.25, 0.3) is 0 Å². The molecule has 0 fully saturated rings. The standard InChI is InChI=1S/C10H11F4NO/c1-6(15)7-3-2-4-8(5-7)16-10(13,14)9(11)12/h2-6,9H,15H2,1H3/t6-/m0/s1. The van der Waals surface area contributed by atoms with E-state index in [0.717, 1.165) is 0 Å². The minimum Gasteiger partial charge on any atom is -0.428 e. The Kier molecular flexibility index (Phi) is 3.74. The fourth-order valence-corrected chi connectivity index (χ4v) is 1.06. The molecule has 0 aromatic heterocycles. The van der Waals surface area contributed by atoms with Crippen LogP contribution in [0.5, 0.6) is 5.75 Å². The summed E-state index contributed by atoms with van der Waals surface area (Å²) in [6.07, 6.45) is -8.36. The number of alkyl halides is 4. The van der Waals surface area contributed by atoms with Gasteiger partial charge in [0, 0.05) is 6.04 Å². The lowest BCUT2D eigenvalue weighted by Crippen LogP contribution is -2.33. The summed E-state index contributed by atoms with van der Waals surface area (Å²) < 4.78 is 52.8. The lowest BCUT2D eigenvalue weighted by atomic mass is 10.1. The first-order valence-electron chi connectivity index (χ1n) is 4.53. The molecule has 0 aliphatic rings. The maximum Gasteiger partial charge on any atom is 0.461 e. The van der Waals surface area contributed by atoms with E-state index >= 15 is 0 Å². The molecule has 0 unspecified atom stereocenters. The number of rotatable bonds is 4. The molecule has 90 valence electrons. The molecule has 0 saturated heterocycles. The largest absolute Gasteiger partial charge is 0.461 e. The van der Waals surface area contributed by atoms with Crippen LogP contribution in [0.2, 0.25) is 0 Å². The Balaban J connectivity index is 2.86. The normalized spacial score (nSPS) is 13.9. The third-order valence-electron chi connectivity index (χ3n) is 1.89. The third-order valence-corrected chi connectivity index (χ3v) is 1.89. The van der Waals surface area contributed by atoms with Crippen LogP contribution in [0.1, 0.15) is 18.5 Å². The summed E-state index contributed by atoms with van der Waals surface area (Å²) in [5.41, 5.74) is 6.05. The second-order valence-electron chi connectivity index (χ2n) is 3.33. The number of benzene rings is 1. The van der Waals surface area contributed by atoms with E-state index in [1.807, 2.05) is 0 Å². The minimum absolute atomic E-state index is 0.333. The first-order valence-corrected chi connectivity index (χ1v) is 4.53. The van der Waals surface area contributed by atoms with Crippen molar-refractivity contribution in [1.82, 2.24) is 0 Å². The predicted molar refractivity (Wildman–Crippen MR) is 50.6 cm³/mol. The van der Waals surface area contributed by atoms with Crippen LogP contribution < -0.4 is 10.5 Å². The molecule has 2 nitrogen and oxygen atoms in total. The Morgan fingerprint density at radius 1 is 1.31 bits per heavy atom. The van der Waals surface area contributed by atoms with Gasteiger partial charge in [0.25, 0.3) is 0 Å². The molecule has 16 heavy (non-hydrogen) atoms. The number of hydrogen-bond acceptors (Lipinski definition) is 2. The van der Waals surface area contributed by atoms with Crippen molar-refractivity contribution in [2.24, 2.45) is 5.73 Å². The van der Waals surface area contributed by atoms with Crippen LogP contribution in [0.3, 0.4) is 0 Å². The van der Waals surface area contributed by atoms with Gasteiger partial charge in [-0.2, -0.15) is 17.6 Å². The van der Waals surface area contributed by atoms with Gasteiger partial charge in [0.1, 0.15) is 5.75 Å². The van der Waals surface area contributed by atoms with Crippen LogP contribution >= 0.6 is 0 Å². The van der Waals surface area contributed by atoms with Crippen molar-refractivity contribution in [2.45, 2.75) is 25.5 Å². The molecule has 6 heteroatoms. The van der Waals surface area contributed by atoms with Gasteiger partial charge in [-0.25, -0.2) is 0 Å². The van der Waals surface area contributed by atoms with E-state index in [0.29, 0.717) is 5.56 Å². The predicted octanol–water partition coefficient (Wildman–Crippen LogP) is 2.94. The molecule has 0 aliphatic carbocycles. The highest BCUT2D eigenvalue weighted by Gasteiger charge is 2.43. The van der Waals surface area contributed by atoms with Crippen molar-refractivity contribution in [2.75, 3.05) is 0 Å². The maximum absolute atomic E-state index is 12.6. The van der Waals surface area contributed by atoms with E-state index in [1.165, 1.54) is 18.2 Å². The summed E-state index contributed by atoms with van der Waals surface area (Å²) >= 11 is 0. The molecule has 1 aromatic carbocycles. The lowest BCUT2D eigenvalue weighted by Gasteiger charge is -2.17. The van der Waals surface area contributed by atoms with Gasteiger partial charge in [0.15, 0.2) is 0 Å². The quantitative estimate of drug-likeness (QED) is 0.817. The van der Waals surface area contributed by atoms with E-state index in [-0.39, 0.29) is 11.8 Å². The monoisotopic (exact) mass is 237 g/mol. The molecule has 0 heterocycles. The van der Waals surface area contributed by atoms with Crippen molar-refractivity contribution in [3.63, 3.8) is 0 Å². The Bertz CT molecular complexity index is 354. The molecule has 1 atom stereocenters. The first-order chi connectivity index (χ1) is 7.33. The van der Waals surface area contributed by atoms with E-state index < -0.39 is 12.5 Å². The average molecular weight is 237 g/mol. The van der Waals surface area contributed by atoms with Gasteiger partial charge in [-0.15, -0.1) is 0 Å². The zero-order valence-electron chi connectivity index (χ0n) is 8.46. The third kappa shape index (κ3) is 3.10. The molecule has 0 saturated carbocycles. The second kappa shape index (κ2) is 4.69. The second-order valence-corrected chi connectivity index (χ2v) is 3.33. The Morgan fingerprint density at radius 2 is 1.94 bits per heavy atom. The fraction of sp³-hybridized carbons (Fsp3) is 0.400. The van der Waals surface area contributed by atoms with Gasteiger partial charge in [0.05, 0.1) is 0 Å². The molecule has 0 bridgehead atoms. The Morgan fingerprint density at radius 3 is 2.44 bits per heavy atom. The number of halogens is 4. The minimum atomic E-state index is -4.49. The first kappa shape index (κ1) is 12.8. The zero-order chi connectivity index (χ0) is 12.3. The van der Waals surface area contributed by atoms with E-state index in [2.05, 4.69) is 4.74 Å². The number of hydrogen-bond donors (Lipinski definition) is 1. The van der Waals surface area contributed by atoms with E-state index in [9.17, 15) is 17.6 Å². The summed E-state index contributed by atoms with van der Waals surface area (Å²) in [5, 5.41) is 0. The Hall–Kier alpha value is -1.30. The average Bonchev–Trinajstić information content (AvgIpc) is 2.17. The highest BCUT2D eigenvalue weighted by atomic mass is 19.3. The van der Waals surface area contributed by atoms with Crippen LogP contribution in [0, 0.1) is 0 Å². The maximum atomic E-state index is 12.6. The molecular formula is C10H11F4NO. The Labute approximate surface area is 90.0 Å². The summed E-state index contributed by atoms with van der Waals surface area (Å²) in [5.74, 6) is -0.333. The van der Waals surface area contributed by atoms with Crippen LogP contribution in [0.4, 0.5) is 17.6 Å². The zero-order valence-corrected chi connectivity index (χ0v) is 8.46. The van der Waals surface area contributed by atoms with Gasteiger partial charge < -0.3 is 10.5 Å². The van der Waals surface area contributed by atoms with Crippen LogP contribution in [-0.4, -0.2) is 12.5 Å². The van der Waals surface area contributed by atoms with Gasteiger partial charge in [-0.3, -0.25) is 0 Å². The highest BCUT2D eigenvalue weighted by Crippen LogP contribution is 2.28. The molecule has 0 amide bonds. The van der Waals surface area contributed by atoms with Crippen LogP contribution in [-0.2, 0) is 0 Å². The molecule has 1 rings (SSSR count). The van der Waals surface area contributed by atoms with Crippen molar-refractivity contribution >= 4 is 0 Å².